The van der Waals surface area contributed by atoms with Crippen LogP contribution in [0.5, 0.6) is 0 Å². The molecule has 2 rings (SSSR count). The number of carbonyl (C=O) groups excluding carboxylic acids is 1. The molecule has 0 unspecified atom stereocenters. The first kappa shape index (κ1) is 13.4. The van der Waals surface area contributed by atoms with Crippen molar-refractivity contribution in [2.75, 3.05) is 26.3 Å². The van der Waals surface area contributed by atoms with Crippen molar-refractivity contribution in [2.45, 2.75) is 0 Å². The zero-order valence-corrected chi connectivity index (χ0v) is 10.4. The fraction of sp³-hybridized carbons (Fsp3) is 0.308. The van der Waals surface area contributed by atoms with E-state index in [4.69, 9.17) is 10.2 Å². The van der Waals surface area contributed by atoms with Crippen LogP contribution in [-0.4, -0.2) is 57.3 Å². The predicted molar refractivity (Wildman–Crippen MR) is 69.6 cm³/mol. The lowest BCUT2D eigenvalue weighted by Gasteiger charge is -2.19. The van der Waals surface area contributed by atoms with Crippen molar-refractivity contribution in [1.29, 1.82) is 0 Å². The van der Waals surface area contributed by atoms with E-state index in [1.165, 1.54) is 11.1 Å². The number of benzene rings is 1. The second-order valence-electron chi connectivity index (χ2n) is 3.98. The second kappa shape index (κ2) is 6.21. The summed E-state index contributed by atoms with van der Waals surface area (Å²) < 4.78 is 0. The molecule has 0 bridgehead atoms. The van der Waals surface area contributed by atoms with Crippen LogP contribution >= 0.6 is 0 Å². The van der Waals surface area contributed by atoms with Crippen LogP contribution in [-0.2, 0) is 0 Å². The van der Waals surface area contributed by atoms with Gasteiger partial charge in [0.15, 0.2) is 0 Å². The minimum absolute atomic E-state index is 0.160. The van der Waals surface area contributed by atoms with Crippen molar-refractivity contribution in [2.24, 2.45) is 0 Å². The standard InChI is InChI=1S/C13H15N3O3/c17-7-5-16(6-8-18)13(19)12-9-14-10-3-1-2-4-11(10)15-12/h1-4,9,17-18H,5-8H2. The van der Waals surface area contributed by atoms with Gasteiger partial charge in [-0.3, -0.25) is 9.78 Å². The third-order valence-corrected chi connectivity index (χ3v) is 2.69. The van der Waals surface area contributed by atoms with Gasteiger partial charge < -0.3 is 15.1 Å². The van der Waals surface area contributed by atoms with Gasteiger partial charge in [-0.15, -0.1) is 0 Å². The third kappa shape index (κ3) is 3.04. The summed E-state index contributed by atoms with van der Waals surface area (Å²) in [7, 11) is 0. The summed E-state index contributed by atoms with van der Waals surface area (Å²) in [6, 6.07) is 7.27. The van der Waals surface area contributed by atoms with E-state index in [2.05, 4.69) is 9.97 Å². The molecule has 6 heteroatoms. The number of carbonyl (C=O) groups is 1. The fourth-order valence-electron chi connectivity index (χ4n) is 1.78. The molecule has 2 aromatic rings. The van der Waals surface area contributed by atoms with Gasteiger partial charge in [0.1, 0.15) is 5.69 Å². The summed E-state index contributed by atoms with van der Waals surface area (Å²) in [5.74, 6) is -0.346. The van der Waals surface area contributed by atoms with Crippen LogP contribution in [0.3, 0.4) is 0 Å². The summed E-state index contributed by atoms with van der Waals surface area (Å²) in [6.07, 6.45) is 1.41. The van der Waals surface area contributed by atoms with Gasteiger partial charge >= 0.3 is 0 Å². The van der Waals surface area contributed by atoms with Crippen molar-refractivity contribution >= 4 is 16.9 Å². The fourth-order valence-corrected chi connectivity index (χ4v) is 1.78. The van der Waals surface area contributed by atoms with Gasteiger partial charge in [-0.05, 0) is 12.1 Å². The number of aromatic nitrogens is 2. The van der Waals surface area contributed by atoms with Crippen molar-refractivity contribution in [1.82, 2.24) is 14.9 Å². The van der Waals surface area contributed by atoms with Crippen molar-refractivity contribution in [3.05, 3.63) is 36.2 Å². The average molecular weight is 261 g/mol. The molecule has 0 aliphatic carbocycles. The monoisotopic (exact) mass is 261 g/mol. The van der Waals surface area contributed by atoms with Crippen LogP contribution in [0.2, 0.25) is 0 Å². The Morgan fingerprint density at radius 2 is 1.74 bits per heavy atom. The molecule has 1 amide bonds. The van der Waals surface area contributed by atoms with E-state index in [0.29, 0.717) is 5.52 Å². The molecular weight excluding hydrogens is 246 g/mol. The molecule has 0 aliphatic rings. The maximum Gasteiger partial charge on any atom is 0.274 e. The Bertz CT molecular complexity index is 568. The molecule has 0 atom stereocenters. The van der Waals surface area contributed by atoms with E-state index in [0.717, 1.165) is 5.52 Å². The molecule has 0 saturated heterocycles. The highest BCUT2D eigenvalue weighted by Gasteiger charge is 2.16. The lowest BCUT2D eigenvalue weighted by molar-refractivity contribution is 0.0679. The topological polar surface area (TPSA) is 86.6 Å². The minimum atomic E-state index is -0.346. The molecule has 0 aliphatic heterocycles. The van der Waals surface area contributed by atoms with Crippen LogP contribution in [0.15, 0.2) is 30.5 Å². The lowest BCUT2D eigenvalue weighted by Crippen LogP contribution is -2.36. The summed E-state index contributed by atoms with van der Waals surface area (Å²) in [6.45, 7) is 0.00129. The van der Waals surface area contributed by atoms with Crippen LogP contribution in [0.4, 0.5) is 0 Å². The average Bonchev–Trinajstić information content (AvgIpc) is 2.46. The van der Waals surface area contributed by atoms with Gasteiger partial charge in [0.05, 0.1) is 30.4 Å². The highest BCUT2D eigenvalue weighted by molar-refractivity contribution is 5.93. The van der Waals surface area contributed by atoms with Crippen LogP contribution in [0.1, 0.15) is 10.5 Å². The molecule has 2 N–H and O–H groups in total. The van der Waals surface area contributed by atoms with Crippen molar-refractivity contribution in [3.63, 3.8) is 0 Å². The first-order valence-corrected chi connectivity index (χ1v) is 5.99. The lowest BCUT2D eigenvalue weighted by atomic mass is 10.3. The van der Waals surface area contributed by atoms with Crippen LogP contribution < -0.4 is 0 Å². The molecule has 0 fully saturated rings. The van der Waals surface area contributed by atoms with E-state index in [9.17, 15) is 4.79 Å². The summed E-state index contributed by atoms with van der Waals surface area (Å²) >= 11 is 0. The van der Waals surface area contributed by atoms with E-state index in [1.807, 2.05) is 18.2 Å². The third-order valence-electron chi connectivity index (χ3n) is 2.69. The normalized spacial score (nSPS) is 10.6. The summed E-state index contributed by atoms with van der Waals surface area (Å²) in [4.78, 5) is 21.9. The Hall–Kier alpha value is -2.05. The molecule has 0 saturated carbocycles. The highest BCUT2D eigenvalue weighted by Crippen LogP contribution is 2.10. The van der Waals surface area contributed by atoms with Gasteiger partial charge in [0.25, 0.3) is 5.91 Å². The Kier molecular flexibility index (Phi) is 4.38. The molecule has 0 spiro atoms. The second-order valence-corrected chi connectivity index (χ2v) is 3.98. The van der Waals surface area contributed by atoms with Crippen molar-refractivity contribution in [3.8, 4) is 0 Å². The SMILES string of the molecule is O=C(c1cnc2ccccc2n1)N(CCO)CCO. The first-order chi connectivity index (χ1) is 9.26. The zero-order valence-electron chi connectivity index (χ0n) is 10.4. The number of hydrogen-bond donors (Lipinski definition) is 2. The number of amides is 1. The number of rotatable bonds is 5. The Labute approximate surface area is 110 Å². The van der Waals surface area contributed by atoms with E-state index in [1.54, 1.807) is 6.07 Å². The van der Waals surface area contributed by atoms with E-state index in [-0.39, 0.29) is 37.9 Å². The molecule has 0 radical (unpaired) electrons. The van der Waals surface area contributed by atoms with Crippen LogP contribution in [0.25, 0.3) is 11.0 Å². The highest BCUT2D eigenvalue weighted by atomic mass is 16.3. The predicted octanol–water partition coefficient (Wildman–Crippen LogP) is 0.0566. The summed E-state index contributed by atoms with van der Waals surface area (Å²) in [5.41, 5.74) is 1.57. The summed E-state index contributed by atoms with van der Waals surface area (Å²) in [5, 5.41) is 17.8. The quantitative estimate of drug-likeness (QED) is 0.794. The maximum atomic E-state index is 12.2. The number of hydrogen-bond acceptors (Lipinski definition) is 5. The Morgan fingerprint density at radius 1 is 1.11 bits per heavy atom. The zero-order chi connectivity index (χ0) is 13.7. The Balaban J connectivity index is 2.29. The van der Waals surface area contributed by atoms with E-state index < -0.39 is 0 Å². The molecule has 19 heavy (non-hydrogen) atoms. The maximum absolute atomic E-state index is 12.2. The molecular formula is C13H15N3O3. The number of aliphatic hydroxyl groups is 2. The number of fused-ring (bicyclic) bond motifs is 1. The molecule has 1 aromatic carbocycles. The van der Waals surface area contributed by atoms with Gasteiger partial charge in [0.2, 0.25) is 0 Å². The number of para-hydroxylation sites is 2. The minimum Gasteiger partial charge on any atom is -0.395 e. The van der Waals surface area contributed by atoms with Crippen LogP contribution in [0, 0.1) is 0 Å². The molecule has 1 heterocycles. The largest absolute Gasteiger partial charge is 0.395 e. The first-order valence-electron chi connectivity index (χ1n) is 5.99. The number of aliphatic hydroxyl groups excluding tert-OH is 2. The van der Waals surface area contributed by atoms with Gasteiger partial charge in [0, 0.05) is 13.1 Å². The molecule has 100 valence electrons. The van der Waals surface area contributed by atoms with E-state index >= 15 is 0 Å². The number of nitrogens with zero attached hydrogens (tertiary/aromatic N) is 3. The molecule has 1 aromatic heterocycles. The Morgan fingerprint density at radius 3 is 2.37 bits per heavy atom. The van der Waals surface area contributed by atoms with Gasteiger partial charge in [-0.2, -0.15) is 0 Å². The smallest absolute Gasteiger partial charge is 0.274 e. The van der Waals surface area contributed by atoms with Gasteiger partial charge in [-0.1, -0.05) is 12.1 Å². The molecule has 6 nitrogen and oxygen atoms in total. The van der Waals surface area contributed by atoms with Gasteiger partial charge in [-0.25, -0.2) is 4.98 Å². The van der Waals surface area contributed by atoms with Crippen molar-refractivity contribution < 1.29 is 15.0 Å².